The van der Waals surface area contributed by atoms with Gasteiger partial charge in [-0.2, -0.15) is 0 Å². The van der Waals surface area contributed by atoms with Crippen LogP contribution in [0.3, 0.4) is 0 Å². The lowest BCUT2D eigenvalue weighted by molar-refractivity contribution is -0.137. The van der Waals surface area contributed by atoms with Gasteiger partial charge >= 0.3 is 5.97 Å². The predicted molar refractivity (Wildman–Crippen MR) is 94.4 cm³/mol. The van der Waals surface area contributed by atoms with Crippen LogP contribution in [0.4, 0.5) is 0 Å². The fourth-order valence-corrected chi connectivity index (χ4v) is 3.47. The van der Waals surface area contributed by atoms with E-state index >= 15 is 0 Å². The van der Waals surface area contributed by atoms with Gasteiger partial charge in [-0.25, -0.2) is 4.98 Å². The molecule has 3 rings (SSSR count). The number of carbonyl (C=O) groups excluding carboxylic acids is 1. The average molecular weight is 361 g/mol. The number of carbonyl (C=O) groups is 2. The number of nitrogens with zero attached hydrogens (tertiary/aromatic N) is 1. The van der Waals surface area contributed by atoms with Crippen molar-refractivity contribution in [1.82, 2.24) is 10.3 Å². The Morgan fingerprint density at radius 1 is 1.17 bits per heavy atom. The number of nitrogens with one attached hydrogen (secondary N) is 1. The molecule has 2 N–H and O–H groups in total. The Bertz CT molecular complexity index is 923. The van der Waals surface area contributed by atoms with Gasteiger partial charge in [-0.1, -0.05) is 29.8 Å². The Morgan fingerprint density at radius 3 is 2.71 bits per heavy atom. The molecule has 3 aromatic rings. The zero-order valence-corrected chi connectivity index (χ0v) is 14.0. The summed E-state index contributed by atoms with van der Waals surface area (Å²) in [6.45, 7) is -0.386. The Morgan fingerprint density at radius 2 is 1.96 bits per heavy atom. The highest BCUT2D eigenvalue weighted by atomic mass is 35.5. The summed E-state index contributed by atoms with van der Waals surface area (Å²) in [7, 11) is 0. The summed E-state index contributed by atoms with van der Waals surface area (Å²) in [6, 6.07) is 13.5. The molecule has 5 nitrogen and oxygen atoms in total. The van der Waals surface area contributed by atoms with E-state index < -0.39 is 5.97 Å². The number of hydrogen-bond donors (Lipinski definition) is 2. The van der Waals surface area contributed by atoms with E-state index in [2.05, 4.69) is 10.3 Å². The normalized spacial score (nSPS) is 10.7. The molecule has 1 aromatic heterocycles. The van der Waals surface area contributed by atoms with E-state index in [1.807, 2.05) is 42.5 Å². The van der Waals surface area contributed by atoms with Crippen LogP contribution in [0.15, 0.2) is 42.5 Å². The van der Waals surface area contributed by atoms with Crippen molar-refractivity contribution in [2.45, 2.75) is 6.42 Å². The zero-order valence-electron chi connectivity index (χ0n) is 12.5. The number of carboxylic acids is 1. The van der Waals surface area contributed by atoms with Crippen LogP contribution >= 0.6 is 22.9 Å². The number of hydrogen-bond acceptors (Lipinski definition) is 4. The van der Waals surface area contributed by atoms with Crippen molar-refractivity contribution in [2.75, 3.05) is 6.54 Å². The third-order valence-corrected chi connectivity index (χ3v) is 4.59. The molecule has 2 aromatic carbocycles. The summed E-state index contributed by atoms with van der Waals surface area (Å²) in [5.41, 5.74) is 2.85. The quantitative estimate of drug-likeness (QED) is 0.731. The lowest BCUT2D eigenvalue weighted by Crippen LogP contribution is -2.30. The number of amides is 1. The first-order valence-electron chi connectivity index (χ1n) is 7.15. The Hall–Kier alpha value is -2.44. The molecule has 122 valence electrons. The van der Waals surface area contributed by atoms with Crippen molar-refractivity contribution in [1.29, 1.82) is 0 Å². The van der Waals surface area contributed by atoms with E-state index in [1.165, 1.54) is 11.3 Å². The van der Waals surface area contributed by atoms with E-state index in [0.29, 0.717) is 10.0 Å². The molecule has 0 radical (unpaired) electrons. The van der Waals surface area contributed by atoms with E-state index in [-0.39, 0.29) is 18.9 Å². The second-order valence-electron chi connectivity index (χ2n) is 5.15. The first-order chi connectivity index (χ1) is 11.5. The van der Waals surface area contributed by atoms with E-state index in [1.54, 1.807) is 0 Å². The highest BCUT2D eigenvalue weighted by Gasteiger charge is 2.11. The fourth-order valence-electron chi connectivity index (χ4n) is 2.27. The van der Waals surface area contributed by atoms with Gasteiger partial charge in [-0.15, -0.1) is 11.3 Å². The maximum Gasteiger partial charge on any atom is 0.322 e. The topological polar surface area (TPSA) is 79.3 Å². The van der Waals surface area contributed by atoms with Gasteiger partial charge in [0.15, 0.2) is 0 Å². The van der Waals surface area contributed by atoms with Crippen molar-refractivity contribution in [3.05, 3.63) is 52.5 Å². The summed E-state index contributed by atoms with van der Waals surface area (Å²) in [5, 5.41) is 12.2. The first kappa shape index (κ1) is 16.4. The predicted octanol–water partition coefficient (Wildman–Crippen LogP) is 3.36. The molecule has 1 heterocycles. The maximum atomic E-state index is 11.7. The Labute approximate surface area is 146 Å². The largest absolute Gasteiger partial charge is 0.480 e. The van der Waals surface area contributed by atoms with Gasteiger partial charge in [-0.05, 0) is 35.4 Å². The standard InChI is InChI=1S/C17H13ClN2O3S/c18-12-3-1-2-10(6-12)11-4-5-13-14(7-11)24-16(20-13)8-15(21)19-9-17(22)23/h1-7H,8-9H2,(H,19,21)(H,22,23). The minimum absolute atomic E-state index is 0.0686. The number of carboxylic acid groups (broad SMARTS) is 1. The molecule has 0 bridgehead atoms. The Balaban J connectivity index is 1.81. The molecule has 0 unspecified atom stereocenters. The third kappa shape index (κ3) is 3.90. The highest BCUT2D eigenvalue weighted by Crippen LogP contribution is 2.29. The van der Waals surface area contributed by atoms with Gasteiger partial charge in [0.1, 0.15) is 11.6 Å². The maximum absolute atomic E-state index is 11.7. The number of aliphatic carboxylic acids is 1. The molecule has 0 atom stereocenters. The van der Waals surface area contributed by atoms with Crippen molar-refractivity contribution >= 4 is 45.0 Å². The number of thiazole rings is 1. The van der Waals surface area contributed by atoms with Gasteiger partial charge in [0.05, 0.1) is 16.6 Å². The van der Waals surface area contributed by atoms with Crippen LogP contribution in [-0.2, 0) is 16.0 Å². The Kier molecular flexibility index (Phi) is 4.78. The lowest BCUT2D eigenvalue weighted by atomic mass is 10.1. The first-order valence-corrected chi connectivity index (χ1v) is 8.34. The molecule has 0 saturated heterocycles. The number of fused-ring (bicyclic) bond motifs is 1. The van der Waals surface area contributed by atoms with Crippen LogP contribution in [0, 0.1) is 0 Å². The molecule has 0 spiro atoms. The molecule has 0 fully saturated rings. The van der Waals surface area contributed by atoms with Crippen LogP contribution in [0.25, 0.3) is 21.3 Å². The molecule has 0 saturated carbocycles. The number of rotatable bonds is 5. The van der Waals surface area contributed by atoms with Crippen molar-refractivity contribution < 1.29 is 14.7 Å². The van der Waals surface area contributed by atoms with E-state index in [9.17, 15) is 9.59 Å². The average Bonchev–Trinajstić information content (AvgIpc) is 2.94. The number of benzene rings is 2. The monoisotopic (exact) mass is 360 g/mol. The minimum Gasteiger partial charge on any atom is -0.480 e. The molecule has 7 heteroatoms. The van der Waals surface area contributed by atoms with Crippen molar-refractivity contribution in [3.8, 4) is 11.1 Å². The van der Waals surface area contributed by atoms with Crippen LogP contribution in [0.2, 0.25) is 5.02 Å². The van der Waals surface area contributed by atoms with Crippen LogP contribution in [0.5, 0.6) is 0 Å². The molecular weight excluding hydrogens is 348 g/mol. The number of aromatic nitrogens is 1. The van der Waals surface area contributed by atoms with Crippen molar-refractivity contribution in [3.63, 3.8) is 0 Å². The van der Waals surface area contributed by atoms with Crippen LogP contribution < -0.4 is 5.32 Å². The molecule has 1 amide bonds. The molecule has 0 aliphatic carbocycles. The second-order valence-corrected chi connectivity index (χ2v) is 6.70. The van der Waals surface area contributed by atoms with Gasteiger partial charge in [-0.3, -0.25) is 9.59 Å². The summed E-state index contributed by atoms with van der Waals surface area (Å²) >= 11 is 7.45. The van der Waals surface area contributed by atoms with Crippen LogP contribution in [0.1, 0.15) is 5.01 Å². The molecule has 24 heavy (non-hydrogen) atoms. The summed E-state index contributed by atoms with van der Waals surface area (Å²) in [5.74, 6) is -1.43. The highest BCUT2D eigenvalue weighted by molar-refractivity contribution is 7.18. The second kappa shape index (κ2) is 6.98. The minimum atomic E-state index is -1.07. The summed E-state index contributed by atoms with van der Waals surface area (Å²) in [6.07, 6.45) is 0.0686. The smallest absolute Gasteiger partial charge is 0.322 e. The lowest BCUT2D eigenvalue weighted by Gasteiger charge is -2.01. The van der Waals surface area contributed by atoms with E-state index in [4.69, 9.17) is 16.7 Å². The van der Waals surface area contributed by atoms with E-state index in [0.717, 1.165) is 21.3 Å². The molecule has 0 aliphatic heterocycles. The van der Waals surface area contributed by atoms with Crippen molar-refractivity contribution in [2.24, 2.45) is 0 Å². The van der Waals surface area contributed by atoms with Gasteiger partial charge in [0.25, 0.3) is 0 Å². The number of halogens is 1. The fraction of sp³-hybridized carbons (Fsp3) is 0.118. The SMILES string of the molecule is O=C(O)CNC(=O)Cc1nc2ccc(-c3cccc(Cl)c3)cc2s1. The van der Waals surface area contributed by atoms with Crippen LogP contribution in [-0.4, -0.2) is 28.5 Å². The molecule has 0 aliphatic rings. The zero-order chi connectivity index (χ0) is 17.1. The molecular formula is C17H13ClN2O3S. The van der Waals surface area contributed by atoms with Gasteiger partial charge < -0.3 is 10.4 Å². The summed E-state index contributed by atoms with van der Waals surface area (Å²) in [4.78, 5) is 26.6. The van der Waals surface area contributed by atoms with Gasteiger partial charge in [0, 0.05) is 5.02 Å². The van der Waals surface area contributed by atoms with Gasteiger partial charge in [0.2, 0.25) is 5.91 Å². The summed E-state index contributed by atoms with van der Waals surface area (Å²) < 4.78 is 0.966. The third-order valence-electron chi connectivity index (χ3n) is 3.34.